The molecule has 0 radical (unpaired) electrons. The molecule has 0 fully saturated rings. The maximum absolute atomic E-state index is 13.5. The van der Waals surface area contributed by atoms with Gasteiger partial charge in [0.25, 0.3) is 0 Å². The summed E-state index contributed by atoms with van der Waals surface area (Å²) >= 11 is 4.95. The van der Waals surface area contributed by atoms with Gasteiger partial charge >= 0.3 is 0 Å². The Hall–Kier alpha value is -0.750. The number of rotatable bonds is 3. The summed E-state index contributed by atoms with van der Waals surface area (Å²) < 4.78 is 15.9. The zero-order valence-electron chi connectivity index (χ0n) is 10.5. The number of aromatic nitrogens is 2. The lowest BCUT2D eigenvalue weighted by Crippen LogP contribution is -2.23. The highest BCUT2D eigenvalue weighted by Gasteiger charge is 2.20. The van der Waals surface area contributed by atoms with Crippen LogP contribution in [0, 0.1) is 5.82 Å². The molecule has 0 bridgehead atoms. The summed E-state index contributed by atoms with van der Waals surface area (Å²) in [5, 5.41) is 0. The Morgan fingerprint density at radius 3 is 2.78 bits per heavy atom. The summed E-state index contributed by atoms with van der Waals surface area (Å²) in [5.41, 5.74) is 7.36. The van der Waals surface area contributed by atoms with Crippen molar-refractivity contribution in [2.24, 2.45) is 0 Å². The number of fused-ring (bicyclic) bond motifs is 1. The van der Waals surface area contributed by atoms with Crippen LogP contribution in [0.25, 0.3) is 11.0 Å². The molecule has 0 atom stereocenters. The van der Waals surface area contributed by atoms with Crippen molar-refractivity contribution >= 4 is 44.7 Å². The van der Waals surface area contributed by atoms with Crippen molar-refractivity contribution in [1.29, 1.82) is 0 Å². The zero-order valence-corrected chi connectivity index (χ0v) is 12.9. The van der Waals surface area contributed by atoms with Crippen LogP contribution in [0.3, 0.4) is 0 Å². The summed E-state index contributed by atoms with van der Waals surface area (Å²) in [7, 11) is 0. The van der Waals surface area contributed by atoms with E-state index < -0.39 is 0 Å². The quantitative estimate of drug-likeness (QED) is 0.933. The Morgan fingerprint density at radius 1 is 1.50 bits per heavy atom. The third kappa shape index (κ3) is 2.49. The number of hydrogen-bond acceptors (Lipinski definition) is 3. The largest absolute Gasteiger partial charge is 0.369 e. The first-order valence-electron chi connectivity index (χ1n) is 5.50. The van der Waals surface area contributed by atoms with Crippen LogP contribution in [0.2, 0.25) is 0 Å². The van der Waals surface area contributed by atoms with Gasteiger partial charge in [-0.3, -0.25) is 0 Å². The van der Waals surface area contributed by atoms with Gasteiger partial charge in [0.1, 0.15) is 5.82 Å². The minimum Gasteiger partial charge on any atom is -0.369 e. The lowest BCUT2D eigenvalue weighted by atomic mass is 10.2. The van der Waals surface area contributed by atoms with Crippen molar-refractivity contribution in [2.75, 3.05) is 12.0 Å². The van der Waals surface area contributed by atoms with E-state index in [4.69, 9.17) is 5.73 Å². The fourth-order valence-corrected chi connectivity index (χ4v) is 2.34. The fourth-order valence-electron chi connectivity index (χ4n) is 1.75. The predicted molar refractivity (Wildman–Crippen MR) is 79.4 cm³/mol. The smallest absolute Gasteiger partial charge is 0.201 e. The highest BCUT2D eigenvalue weighted by atomic mass is 79.9. The number of hydrogen-bond donors (Lipinski definition) is 1. The van der Waals surface area contributed by atoms with Crippen molar-refractivity contribution in [2.45, 2.75) is 25.1 Å². The van der Waals surface area contributed by atoms with E-state index in [9.17, 15) is 4.39 Å². The molecule has 0 spiro atoms. The Morgan fingerprint density at radius 2 is 2.17 bits per heavy atom. The number of anilines is 1. The van der Waals surface area contributed by atoms with Crippen molar-refractivity contribution in [3.05, 3.63) is 22.4 Å². The number of nitrogen functional groups attached to an aromatic ring is 1. The number of imidazole rings is 1. The number of halogens is 2. The molecular formula is C12H15BrFN3S. The summed E-state index contributed by atoms with van der Waals surface area (Å²) in [5.74, 6) is 0.0981. The van der Waals surface area contributed by atoms with Gasteiger partial charge in [-0.1, -0.05) is 0 Å². The number of thioether (sulfide) groups is 1. The molecule has 18 heavy (non-hydrogen) atoms. The Bertz CT molecular complexity index is 595. The lowest BCUT2D eigenvalue weighted by Gasteiger charge is -2.23. The Labute approximate surface area is 118 Å². The molecule has 0 amide bonds. The average molecular weight is 332 g/mol. The summed E-state index contributed by atoms with van der Waals surface area (Å²) in [6, 6.07) is 3.13. The first-order chi connectivity index (χ1) is 8.34. The second-order valence-corrected chi connectivity index (χ2v) is 7.14. The van der Waals surface area contributed by atoms with Crippen molar-refractivity contribution in [3.8, 4) is 0 Å². The normalized spacial score (nSPS) is 12.3. The SMILES string of the molecule is CSC(C)(C)Cn1c(N)nc2cc(F)c(Br)cc21. The second-order valence-electron chi connectivity index (χ2n) is 4.77. The van der Waals surface area contributed by atoms with Crippen molar-refractivity contribution in [3.63, 3.8) is 0 Å². The van der Waals surface area contributed by atoms with Crippen LogP contribution in [0.5, 0.6) is 0 Å². The van der Waals surface area contributed by atoms with Gasteiger partial charge in [0.2, 0.25) is 5.95 Å². The van der Waals surface area contributed by atoms with Crippen LogP contribution in [0.15, 0.2) is 16.6 Å². The third-order valence-electron chi connectivity index (χ3n) is 2.91. The van der Waals surface area contributed by atoms with Gasteiger partial charge in [0, 0.05) is 17.4 Å². The van der Waals surface area contributed by atoms with E-state index in [2.05, 4.69) is 41.0 Å². The first kappa shape index (κ1) is 13.7. The zero-order chi connectivity index (χ0) is 13.5. The lowest BCUT2D eigenvalue weighted by molar-refractivity contribution is 0.585. The van der Waals surface area contributed by atoms with E-state index in [-0.39, 0.29) is 10.6 Å². The van der Waals surface area contributed by atoms with Gasteiger partial charge in [-0.25, -0.2) is 9.37 Å². The summed E-state index contributed by atoms with van der Waals surface area (Å²) in [4.78, 5) is 4.20. The van der Waals surface area contributed by atoms with Crippen LogP contribution in [0.1, 0.15) is 13.8 Å². The summed E-state index contributed by atoms with van der Waals surface area (Å²) in [6.07, 6.45) is 2.06. The highest BCUT2D eigenvalue weighted by molar-refractivity contribution is 9.10. The molecule has 2 N–H and O–H groups in total. The monoisotopic (exact) mass is 331 g/mol. The molecule has 2 rings (SSSR count). The van der Waals surface area contributed by atoms with E-state index in [1.807, 2.05) is 4.57 Å². The van der Waals surface area contributed by atoms with Gasteiger partial charge in [-0.05, 0) is 42.1 Å². The number of nitrogens with zero attached hydrogens (tertiary/aromatic N) is 2. The molecule has 0 saturated carbocycles. The van der Waals surface area contributed by atoms with Crippen LogP contribution >= 0.6 is 27.7 Å². The molecule has 0 aliphatic carbocycles. The molecule has 0 unspecified atom stereocenters. The molecular weight excluding hydrogens is 317 g/mol. The molecule has 2 aromatic rings. The minimum absolute atomic E-state index is 0.0443. The van der Waals surface area contributed by atoms with E-state index in [1.54, 1.807) is 17.8 Å². The van der Waals surface area contributed by atoms with E-state index in [1.165, 1.54) is 6.07 Å². The number of nitrogens with two attached hydrogens (primary N) is 1. The van der Waals surface area contributed by atoms with E-state index >= 15 is 0 Å². The molecule has 98 valence electrons. The molecule has 0 aliphatic heterocycles. The highest BCUT2D eigenvalue weighted by Crippen LogP contribution is 2.29. The molecule has 1 aromatic heterocycles. The van der Waals surface area contributed by atoms with Gasteiger partial charge in [-0.15, -0.1) is 0 Å². The third-order valence-corrected chi connectivity index (χ3v) is 4.75. The molecule has 1 heterocycles. The maximum Gasteiger partial charge on any atom is 0.201 e. The van der Waals surface area contributed by atoms with Crippen LogP contribution in [0.4, 0.5) is 10.3 Å². The van der Waals surface area contributed by atoms with Crippen LogP contribution in [-0.4, -0.2) is 20.6 Å². The molecule has 1 aromatic carbocycles. The van der Waals surface area contributed by atoms with E-state index in [0.29, 0.717) is 15.9 Å². The molecule has 3 nitrogen and oxygen atoms in total. The standard InChI is InChI=1S/C12H15BrFN3S/c1-12(2,18-3)6-17-10-4-7(13)8(14)5-9(10)16-11(17)15/h4-5H,6H2,1-3H3,(H2,15,16). The van der Waals surface area contributed by atoms with Gasteiger partial charge < -0.3 is 10.3 Å². The Kier molecular flexibility index (Phi) is 3.60. The maximum atomic E-state index is 13.5. The fraction of sp³-hybridized carbons (Fsp3) is 0.417. The Balaban J connectivity index is 2.57. The molecule has 0 aliphatic rings. The first-order valence-corrected chi connectivity index (χ1v) is 7.52. The predicted octanol–water partition coefficient (Wildman–Crippen LogP) is 3.66. The van der Waals surface area contributed by atoms with Crippen LogP contribution < -0.4 is 5.73 Å². The summed E-state index contributed by atoms with van der Waals surface area (Å²) in [6.45, 7) is 5.01. The van der Waals surface area contributed by atoms with Gasteiger partial charge in [0.15, 0.2) is 0 Å². The average Bonchev–Trinajstić information content (AvgIpc) is 2.57. The molecule has 6 heteroatoms. The van der Waals surface area contributed by atoms with Crippen molar-refractivity contribution in [1.82, 2.24) is 9.55 Å². The van der Waals surface area contributed by atoms with Crippen molar-refractivity contribution < 1.29 is 4.39 Å². The topological polar surface area (TPSA) is 43.8 Å². The molecule has 0 saturated heterocycles. The van der Waals surface area contributed by atoms with E-state index in [0.717, 1.165) is 12.1 Å². The van der Waals surface area contributed by atoms with Gasteiger partial charge in [0.05, 0.1) is 15.5 Å². The number of benzene rings is 1. The second kappa shape index (κ2) is 4.74. The van der Waals surface area contributed by atoms with Crippen LogP contribution in [-0.2, 0) is 6.54 Å². The minimum atomic E-state index is -0.323. The van der Waals surface area contributed by atoms with Gasteiger partial charge in [-0.2, -0.15) is 11.8 Å².